The summed E-state index contributed by atoms with van der Waals surface area (Å²) >= 11 is 0. The van der Waals surface area contributed by atoms with Gasteiger partial charge in [0.05, 0.1) is 37.7 Å². The Morgan fingerprint density at radius 2 is 1.53 bits per heavy atom. The molecule has 0 aliphatic carbocycles. The molecule has 0 unspecified atom stereocenters. The first-order valence-electron chi connectivity index (χ1n) is 13.1. The molecule has 10 heteroatoms. The Labute approximate surface area is 245 Å². The van der Waals surface area contributed by atoms with E-state index in [-0.39, 0.29) is 22.9 Å². The fraction of sp³-hybridized carbons (Fsp3) is 0.0909. The summed E-state index contributed by atoms with van der Waals surface area (Å²) in [5, 5.41) is 2.88. The van der Waals surface area contributed by atoms with E-state index in [1.807, 2.05) is 48.5 Å². The van der Waals surface area contributed by atoms with E-state index in [9.17, 15) is 14.4 Å². The highest BCUT2D eigenvalue weighted by Crippen LogP contribution is 2.34. The lowest BCUT2D eigenvalue weighted by atomic mass is 10.0. The number of nitrogens with zero attached hydrogens (tertiary/aromatic N) is 1. The zero-order chi connectivity index (χ0) is 30.3. The number of aromatic nitrogens is 2. The van der Waals surface area contributed by atoms with Crippen LogP contribution < -0.4 is 20.2 Å². The van der Waals surface area contributed by atoms with Gasteiger partial charge in [0.25, 0.3) is 0 Å². The number of amides is 1. The van der Waals surface area contributed by atoms with E-state index < -0.39 is 6.09 Å². The number of nitrogens with one attached hydrogen (secondary N) is 2. The van der Waals surface area contributed by atoms with Crippen molar-refractivity contribution in [3.63, 3.8) is 0 Å². The first-order valence-corrected chi connectivity index (χ1v) is 13.1. The molecule has 0 aliphatic rings. The highest BCUT2D eigenvalue weighted by atomic mass is 16.5. The number of hydrogen-bond acceptors (Lipinski definition) is 8. The SMILES string of the molecule is COC(=O)Nc1nc2ccc(C(=O)c3ccccc3)cc2[nH]1.COc1c(-c2ccccc2)oc2c(OC)cccc2c1=O. The van der Waals surface area contributed by atoms with Gasteiger partial charge in [0.2, 0.25) is 17.1 Å². The number of fused-ring (bicyclic) bond motifs is 2. The number of imidazole rings is 1. The predicted molar refractivity (Wildman–Crippen MR) is 163 cm³/mol. The average molecular weight is 578 g/mol. The van der Waals surface area contributed by atoms with Crippen molar-refractivity contribution in [1.82, 2.24) is 9.97 Å². The van der Waals surface area contributed by atoms with E-state index in [4.69, 9.17) is 13.9 Å². The first kappa shape index (κ1) is 28.6. The molecule has 10 nitrogen and oxygen atoms in total. The summed E-state index contributed by atoms with van der Waals surface area (Å²) in [4.78, 5) is 43.3. The van der Waals surface area contributed by atoms with Crippen molar-refractivity contribution in [2.24, 2.45) is 0 Å². The van der Waals surface area contributed by atoms with Crippen molar-refractivity contribution in [2.75, 3.05) is 26.6 Å². The van der Waals surface area contributed by atoms with Gasteiger partial charge in [-0.2, -0.15) is 0 Å². The van der Waals surface area contributed by atoms with Crippen molar-refractivity contribution in [1.29, 1.82) is 0 Å². The van der Waals surface area contributed by atoms with Crippen LogP contribution in [0.5, 0.6) is 11.5 Å². The van der Waals surface area contributed by atoms with Crippen LogP contribution in [0.15, 0.2) is 106 Å². The lowest BCUT2D eigenvalue weighted by molar-refractivity contribution is 0.103. The second-order valence-electron chi connectivity index (χ2n) is 9.13. The fourth-order valence-corrected chi connectivity index (χ4v) is 4.41. The maximum atomic E-state index is 12.6. The molecule has 2 N–H and O–H groups in total. The summed E-state index contributed by atoms with van der Waals surface area (Å²) in [6.07, 6.45) is -0.611. The Bertz CT molecular complexity index is 1970. The van der Waals surface area contributed by atoms with Crippen molar-refractivity contribution in [3.8, 4) is 22.8 Å². The summed E-state index contributed by atoms with van der Waals surface area (Å²) in [7, 11) is 4.28. The van der Waals surface area contributed by atoms with Crippen LogP contribution in [0.3, 0.4) is 0 Å². The number of hydrogen-bond donors (Lipinski definition) is 2. The molecule has 0 fully saturated rings. The lowest BCUT2D eigenvalue weighted by Gasteiger charge is -2.10. The minimum absolute atomic E-state index is 0.0698. The van der Waals surface area contributed by atoms with Crippen LogP contribution >= 0.6 is 0 Å². The molecule has 216 valence electrons. The minimum atomic E-state index is -0.611. The number of rotatable bonds is 6. The Hall–Kier alpha value is -5.90. The Balaban J connectivity index is 0.000000171. The molecule has 0 spiro atoms. The van der Waals surface area contributed by atoms with Crippen LogP contribution in [0, 0.1) is 0 Å². The van der Waals surface area contributed by atoms with Gasteiger partial charge >= 0.3 is 6.09 Å². The summed E-state index contributed by atoms with van der Waals surface area (Å²) in [6.45, 7) is 0. The van der Waals surface area contributed by atoms with E-state index in [1.54, 1.807) is 55.6 Å². The van der Waals surface area contributed by atoms with Gasteiger partial charge in [-0.25, -0.2) is 9.78 Å². The minimum Gasteiger partial charge on any atom is -0.493 e. The summed E-state index contributed by atoms with van der Waals surface area (Å²) in [6, 6.07) is 28.8. The van der Waals surface area contributed by atoms with Gasteiger partial charge in [-0.15, -0.1) is 0 Å². The molecule has 2 aromatic heterocycles. The van der Waals surface area contributed by atoms with Crippen molar-refractivity contribution >= 4 is 39.8 Å². The molecule has 1 amide bonds. The van der Waals surface area contributed by atoms with Gasteiger partial charge in [-0.05, 0) is 30.3 Å². The van der Waals surface area contributed by atoms with Gasteiger partial charge in [-0.3, -0.25) is 14.9 Å². The number of aromatic amines is 1. The summed E-state index contributed by atoms with van der Waals surface area (Å²) in [5.74, 6) is 1.32. The monoisotopic (exact) mass is 577 g/mol. The molecule has 43 heavy (non-hydrogen) atoms. The number of carbonyl (C=O) groups is 2. The summed E-state index contributed by atoms with van der Waals surface area (Å²) < 4.78 is 21.0. The smallest absolute Gasteiger partial charge is 0.413 e. The van der Waals surface area contributed by atoms with E-state index in [1.165, 1.54) is 14.2 Å². The molecule has 2 heterocycles. The third-order valence-corrected chi connectivity index (χ3v) is 6.49. The number of carbonyl (C=O) groups excluding carboxylic acids is 2. The summed E-state index contributed by atoms with van der Waals surface area (Å²) in [5.41, 5.74) is 3.46. The van der Waals surface area contributed by atoms with Crippen LogP contribution in [-0.4, -0.2) is 43.2 Å². The number of ketones is 1. The second kappa shape index (κ2) is 12.7. The number of anilines is 1. The van der Waals surface area contributed by atoms with Crippen LogP contribution in [0.25, 0.3) is 33.3 Å². The predicted octanol–water partition coefficient (Wildman–Crippen LogP) is 6.45. The van der Waals surface area contributed by atoms with E-state index in [2.05, 4.69) is 20.0 Å². The number of ether oxygens (including phenoxy) is 3. The molecule has 4 aromatic carbocycles. The molecule has 6 aromatic rings. The highest BCUT2D eigenvalue weighted by Gasteiger charge is 2.18. The molecule has 0 saturated heterocycles. The Morgan fingerprint density at radius 1 is 0.814 bits per heavy atom. The van der Waals surface area contributed by atoms with Gasteiger partial charge in [0.1, 0.15) is 0 Å². The molecule has 0 radical (unpaired) electrons. The fourth-order valence-electron chi connectivity index (χ4n) is 4.41. The third-order valence-electron chi connectivity index (χ3n) is 6.49. The molecular weight excluding hydrogens is 550 g/mol. The highest BCUT2D eigenvalue weighted by molar-refractivity contribution is 6.10. The molecular formula is C33H27N3O7. The molecule has 0 bridgehead atoms. The second-order valence-corrected chi connectivity index (χ2v) is 9.13. The molecule has 0 aliphatic heterocycles. The zero-order valence-electron chi connectivity index (χ0n) is 23.5. The van der Waals surface area contributed by atoms with Crippen LogP contribution in [0.2, 0.25) is 0 Å². The zero-order valence-corrected chi connectivity index (χ0v) is 23.5. The average Bonchev–Trinajstić information content (AvgIpc) is 3.46. The molecule has 6 rings (SSSR count). The van der Waals surface area contributed by atoms with Crippen LogP contribution in [0.4, 0.5) is 10.7 Å². The topological polar surface area (TPSA) is 133 Å². The Kier molecular flexibility index (Phi) is 8.48. The van der Waals surface area contributed by atoms with E-state index >= 15 is 0 Å². The van der Waals surface area contributed by atoms with Crippen molar-refractivity contribution in [2.45, 2.75) is 0 Å². The normalized spacial score (nSPS) is 10.5. The largest absolute Gasteiger partial charge is 0.493 e. The molecule has 0 saturated carbocycles. The van der Waals surface area contributed by atoms with Crippen molar-refractivity contribution in [3.05, 3.63) is 118 Å². The van der Waals surface area contributed by atoms with E-state index in [0.717, 1.165) is 5.56 Å². The number of methoxy groups -OCH3 is 3. The quantitative estimate of drug-likeness (QED) is 0.216. The number of H-pyrrole nitrogens is 1. The van der Waals surface area contributed by atoms with Crippen molar-refractivity contribution < 1.29 is 28.2 Å². The first-order chi connectivity index (χ1) is 20.9. The molecule has 0 atom stereocenters. The van der Waals surface area contributed by atoms with Gasteiger partial charge in [0, 0.05) is 16.7 Å². The third kappa shape index (κ3) is 6.08. The van der Waals surface area contributed by atoms with Gasteiger partial charge < -0.3 is 23.6 Å². The van der Waals surface area contributed by atoms with Crippen LogP contribution in [0.1, 0.15) is 15.9 Å². The number of para-hydroxylation sites is 1. The Morgan fingerprint density at radius 3 is 2.21 bits per heavy atom. The lowest BCUT2D eigenvalue weighted by Crippen LogP contribution is -2.11. The van der Waals surface area contributed by atoms with Gasteiger partial charge in [0.15, 0.2) is 22.9 Å². The number of benzene rings is 4. The van der Waals surface area contributed by atoms with E-state index in [0.29, 0.717) is 44.6 Å². The van der Waals surface area contributed by atoms with Crippen LogP contribution in [-0.2, 0) is 4.74 Å². The maximum Gasteiger partial charge on any atom is 0.413 e. The standard InChI is InChI=1S/C17H14O4.C16H13N3O3/c1-19-13-10-6-9-12-14(18)17(20-2)15(21-16(12)13)11-7-4-3-5-8-11;1-22-16(21)19-15-17-12-8-7-11(9-13(12)18-15)14(20)10-5-3-2-4-6-10/h3-10H,1-2H3;2-9H,1H3,(H2,17,18,19,21). The maximum absolute atomic E-state index is 12.6. The van der Waals surface area contributed by atoms with Gasteiger partial charge in [-0.1, -0.05) is 66.7 Å².